The lowest BCUT2D eigenvalue weighted by Crippen LogP contribution is -2.55. The lowest BCUT2D eigenvalue weighted by Gasteiger charge is -2.41. The van der Waals surface area contributed by atoms with Crippen LogP contribution in [0.2, 0.25) is 5.02 Å². The third kappa shape index (κ3) is 6.75. The number of carbonyl (C=O) groups excluding carboxylic acids is 1. The Morgan fingerprint density at radius 3 is 2.70 bits per heavy atom. The van der Waals surface area contributed by atoms with Crippen LogP contribution in [0.5, 0.6) is 6.01 Å². The van der Waals surface area contributed by atoms with Crippen molar-refractivity contribution >= 4 is 23.5 Å². The van der Waals surface area contributed by atoms with Crippen LogP contribution in [0.15, 0.2) is 48.5 Å². The summed E-state index contributed by atoms with van der Waals surface area (Å²) in [5.41, 5.74) is 5.56. The van der Waals surface area contributed by atoms with Gasteiger partial charge in [-0.05, 0) is 68.5 Å². The monoisotopic (exact) mass is 655 g/mol. The Bertz CT molecular complexity index is 1630. The van der Waals surface area contributed by atoms with Gasteiger partial charge in [-0.25, -0.2) is 4.79 Å². The van der Waals surface area contributed by atoms with Gasteiger partial charge >= 0.3 is 12.1 Å². The summed E-state index contributed by atoms with van der Waals surface area (Å²) in [6.07, 6.45) is 5.27. The predicted octanol–water partition coefficient (Wildman–Crippen LogP) is 5.74. The van der Waals surface area contributed by atoms with E-state index < -0.39 is 6.09 Å². The van der Waals surface area contributed by atoms with Crippen molar-refractivity contribution in [3.8, 4) is 12.1 Å². The van der Waals surface area contributed by atoms with Crippen LogP contribution in [-0.2, 0) is 30.9 Å². The number of nitriles is 1. The van der Waals surface area contributed by atoms with Crippen molar-refractivity contribution < 1.29 is 14.3 Å². The van der Waals surface area contributed by atoms with Crippen LogP contribution in [0.3, 0.4) is 0 Å². The van der Waals surface area contributed by atoms with Gasteiger partial charge in [-0.2, -0.15) is 15.2 Å². The van der Waals surface area contributed by atoms with Gasteiger partial charge in [0.15, 0.2) is 0 Å². The smallest absolute Gasteiger partial charge is 0.410 e. The van der Waals surface area contributed by atoms with Crippen LogP contribution in [0.4, 0.5) is 10.6 Å². The van der Waals surface area contributed by atoms with E-state index in [-0.39, 0.29) is 25.1 Å². The summed E-state index contributed by atoms with van der Waals surface area (Å²) in [6, 6.07) is 18.8. The van der Waals surface area contributed by atoms with Gasteiger partial charge in [-0.1, -0.05) is 54.1 Å². The zero-order valence-corrected chi connectivity index (χ0v) is 27.7. The van der Waals surface area contributed by atoms with Crippen molar-refractivity contribution in [1.82, 2.24) is 24.7 Å². The van der Waals surface area contributed by atoms with Crippen LogP contribution in [0, 0.1) is 11.3 Å². The Morgan fingerprint density at radius 1 is 1.02 bits per heavy atom. The zero-order chi connectivity index (χ0) is 32.3. The Hall–Kier alpha value is -3.91. The van der Waals surface area contributed by atoms with Gasteiger partial charge in [0.05, 0.1) is 24.2 Å². The third-order valence-electron chi connectivity index (χ3n) is 10.2. The van der Waals surface area contributed by atoms with Crippen LogP contribution >= 0.6 is 11.6 Å². The van der Waals surface area contributed by atoms with Crippen LogP contribution in [0.25, 0.3) is 0 Å². The maximum atomic E-state index is 13.2. The molecule has 246 valence electrons. The van der Waals surface area contributed by atoms with Crippen molar-refractivity contribution in [2.45, 2.75) is 76.3 Å². The molecule has 1 unspecified atom stereocenters. The Morgan fingerprint density at radius 2 is 1.89 bits per heavy atom. The van der Waals surface area contributed by atoms with Gasteiger partial charge in [0, 0.05) is 55.4 Å². The number of hydrogen-bond acceptors (Lipinski definition) is 9. The highest BCUT2D eigenvalue weighted by molar-refractivity contribution is 6.31. The van der Waals surface area contributed by atoms with Gasteiger partial charge in [-0.3, -0.25) is 4.90 Å². The number of hydrogen-bond donors (Lipinski definition) is 0. The normalized spacial score (nSPS) is 22.9. The lowest BCUT2D eigenvalue weighted by atomic mass is 9.87. The zero-order valence-electron chi connectivity index (χ0n) is 27.0. The number of ether oxygens (including phenoxy) is 2. The van der Waals surface area contributed by atoms with Gasteiger partial charge in [0.1, 0.15) is 19.0 Å². The SMILES string of the molecule is CN1CCC[C@H]1COc1nc2c(c(N3CCN(C(=O)OCc4ccccc4)[C@@H](CC#N)C3)n1)CN(C1CCCc3cccc(Cl)c31)C2. The molecule has 3 atom stereocenters. The van der Waals surface area contributed by atoms with Crippen molar-refractivity contribution in [2.75, 3.05) is 44.7 Å². The molecule has 0 radical (unpaired) electrons. The largest absolute Gasteiger partial charge is 0.462 e. The molecule has 1 aromatic heterocycles. The lowest BCUT2D eigenvalue weighted by molar-refractivity contribution is 0.0767. The number of piperazine rings is 1. The summed E-state index contributed by atoms with van der Waals surface area (Å²) in [5.74, 6) is 0.836. The Kier molecular flexibility index (Phi) is 9.48. The van der Waals surface area contributed by atoms with E-state index in [1.54, 1.807) is 4.90 Å². The molecule has 4 aliphatic rings. The molecule has 11 heteroatoms. The van der Waals surface area contributed by atoms with Crippen molar-refractivity contribution in [2.24, 2.45) is 0 Å². The van der Waals surface area contributed by atoms with Crippen molar-refractivity contribution in [3.05, 3.63) is 81.5 Å². The second kappa shape index (κ2) is 14.1. The van der Waals surface area contributed by atoms with Crippen molar-refractivity contribution in [1.29, 1.82) is 5.26 Å². The van der Waals surface area contributed by atoms with Gasteiger partial charge in [0.2, 0.25) is 0 Å². The summed E-state index contributed by atoms with van der Waals surface area (Å²) in [5, 5.41) is 10.6. The number of carbonyl (C=O) groups is 1. The van der Waals surface area contributed by atoms with Crippen molar-refractivity contribution in [3.63, 3.8) is 0 Å². The summed E-state index contributed by atoms with van der Waals surface area (Å²) in [7, 11) is 2.14. The van der Waals surface area contributed by atoms with E-state index in [1.165, 1.54) is 17.5 Å². The van der Waals surface area contributed by atoms with Gasteiger partial charge in [-0.15, -0.1) is 0 Å². The molecule has 2 fully saturated rings. The molecule has 4 heterocycles. The highest BCUT2D eigenvalue weighted by atomic mass is 35.5. The minimum atomic E-state index is -0.398. The minimum Gasteiger partial charge on any atom is -0.462 e. The van der Waals surface area contributed by atoms with E-state index in [0.717, 1.165) is 59.9 Å². The fraction of sp³-hybridized carbons (Fsp3) is 0.500. The first kappa shape index (κ1) is 31.7. The standard InChI is InChI=1S/C36H42ClN7O3/c1-41-17-7-12-28(41)24-46-35-39-31-22-43(32-14-6-11-26-10-5-13-30(37)33(26)32)21-29(31)34(40-35)42-18-19-44(27(20-42)15-16-38)36(45)47-23-25-8-3-2-4-9-25/h2-5,8-10,13,27-28,32H,6-7,11-12,14-15,17-24H2,1H3/t27-,28-,32?/m0/s1. The minimum absolute atomic E-state index is 0.194. The maximum absolute atomic E-state index is 13.2. The number of halogens is 1. The van der Waals surface area contributed by atoms with Gasteiger partial charge < -0.3 is 24.2 Å². The first-order valence-electron chi connectivity index (χ1n) is 16.8. The average Bonchev–Trinajstić information content (AvgIpc) is 3.72. The van der Waals surface area contributed by atoms with E-state index in [1.807, 2.05) is 42.5 Å². The molecule has 1 amide bonds. The number of fused-ring (bicyclic) bond motifs is 2. The van der Waals surface area contributed by atoms with Crippen LogP contribution < -0.4 is 9.64 Å². The molecule has 2 saturated heterocycles. The number of amides is 1. The quantitative estimate of drug-likeness (QED) is 0.301. The number of rotatable bonds is 8. The average molecular weight is 656 g/mol. The first-order chi connectivity index (χ1) is 23.0. The summed E-state index contributed by atoms with van der Waals surface area (Å²) >= 11 is 6.81. The second-order valence-corrected chi connectivity index (χ2v) is 13.6. The number of likely N-dealkylation sites (N-methyl/N-ethyl adjacent to an activating group) is 1. The van der Waals surface area contributed by atoms with Crippen LogP contribution in [-0.4, -0.2) is 82.7 Å². The molecule has 0 bridgehead atoms. The van der Waals surface area contributed by atoms with E-state index in [9.17, 15) is 10.1 Å². The second-order valence-electron chi connectivity index (χ2n) is 13.2. The molecule has 3 aliphatic heterocycles. The topological polar surface area (TPSA) is 98.1 Å². The van der Waals surface area contributed by atoms with E-state index in [0.29, 0.717) is 51.4 Å². The molecule has 0 spiro atoms. The maximum Gasteiger partial charge on any atom is 0.410 e. The fourth-order valence-electron chi connectivity index (χ4n) is 7.68. The number of aryl methyl sites for hydroxylation is 1. The molecular weight excluding hydrogens is 614 g/mol. The third-order valence-corrected chi connectivity index (χ3v) is 10.6. The Balaban J connectivity index is 1.14. The molecule has 0 N–H and O–H groups in total. The highest BCUT2D eigenvalue weighted by Crippen LogP contribution is 2.43. The molecule has 1 aliphatic carbocycles. The van der Waals surface area contributed by atoms with Crippen LogP contribution in [0.1, 0.15) is 66.1 Å². The molecule has 0 saturated carbocycles. The summed E-state index contributed by atoms with van der Waals surface area (Å²) in [4.78, 5) is 32.0. The summed E-state index contributed by atoms with van der Waals surface area (Å²) in [6.45, 7) is 4.66. The number of likely N-dealkylation sites (tertiary alicyclic amines) is 1. The number of benzene rings is 2. The Labute approximate surface area is 281 Å². The van der Waals surface area contributed by atoms with E-state index in [2.05, 4.69) is 33.9 Å². The highest BCUT2D eigenvalue weighted by Gasteiger charge is 2.38. The fourth-order valence-corrected chi connectivity index (χ4v) is 8.00. The molecule has 2 aromatic carbocycles. The molecule has 3 aromatic rings. The molecular formula is C36H42ClN7O3. The van der Waals surface area contributed by atoms with E-state index >= 15 is 0 Å². The number of aromatic nitrogens is 2. The predicted molar refractivity (Wildman–Crippen MR) is 179 cm³/mol. The van der Waals surface area contributed by atoms with E-state index in [4.69, 9.17) is 31.0 Å². The molecule has 47 heavy (non-hydrogen) atoms. The van der Waals surface area contributed by atoms with Gasteiger partial charge in [0.25, 0.3) is 0 Å². The number of anilines is 1. The first-order valence-corrected chi connectivity index (χ1v) is 17.2. The molecule has 10 nitrogen and oxygen atoms in total. The molecule has 7 rings (SSSR count). The summed E-state index contributed by atoms with van der Waals surface area (Å²) < 4.78 is 12.0. The number of nitrogens with zero attached hydrogens (tertiary/aromatic N) is 7.